The number of carbonyl (C=O) groups excluding carboxylic acids is 1. The summed E-state index contributed by atoms with van der Waals surface area (Å²) >= 11 is 0. The molecular formula is C13H14O. The van der Waals surface area contributed by atoms with Gasteiger partial charge in [-0.15, -0.1) is 0 Å². The van der Waals surface area contributed by atoms with E-state index in [2.05, 4.69) is 12.2 Å². The van der Waals surface area contributed by atoms with Gasteiger partial charge in [0.15, 0.2) is 0 Å². The smallest absolute Gasteiger partial charge is 0.137 e. The maximum Gasteiger partial charge on any atom is 0.137 e. The van der Waals surface area contributed by atoms with E-state index >= 15 is 0 Å². The molecule has 1 heteroatoms. The zero-order valence-corrected chi connectivity index (χ0v) is 8.10. The van der Waals surface area contributed by atoms with Gasteiger partial charge in [0.2, 0.25) is 0 Å². The van der Waals surface area contributed by atoms with Gasteiger partial charge >= 0.3 is 0 Å². The third-order valence-corrected chi connectivity index (χ3v) is 6.15. The third-order valence-electron chi connectivity index (χ3n) is 6.15. The third kappa shape index (κ3) is 0.450. The second-order valence-corrected chi connectivity index (χ2v) is 6.12. The Balaban J connectivity index is 1.82. The summed E-state index contributed by atoms with van der Waals surface area (Å²) in [5.74, 6) is 7.09. The minimum Gasteiger partial charge on any atom is -0.299 e. The summed E-state index contributed by atoms with van der Waals surface area (Å²) in [6.07, 6.45) is 7.21. The molecule has 1 nitrogen and oxygen atoms in total. The molecule has 0 radical (unpaired) electrons. The average molecular weight is 186 g/mol. The molecule has 0 spiro atoms. The van der Waals surface area contributed by atoms with Gasteiger partial charge in [-0.05, 0) is 47.8 Å². The molecule has 0 amide bonds. The first-order valence-electron chi connectivity index (χ1n) is 6.07. The van der Waals surface area contributed by atoms with Crippen LogP contribution < -0.4 is 0 Å². The summed E-state index contributed by atoms with van der Waals surface area (Å²) in [5.41, 5.74) is 0. The molecule has 0 saturated heterocycles. The van der Waals surface area contributed by atoms with Gasteiger partial charge in [0.1, 0.15) is 5.78 Å². The van der Waals surface area contributed by atoms with Gasteiger partial charge in [-0.1, -0.05) is 12.2 Å². The van der Waals surface area contributed by atoms with Crippen molar-refractivity contribution in [2.45, 2.75) is 12.8 Å². The summed E-state index contributed by atoms with van der Waals surface area (Å²) < 4.78 is 0. The highest BCUT2D eigenvalue weighted by atomic mass is 16.1. The lowest BCUT2D eigenvalue weighted by Crippen LogP contribution is -2.60. The van der Waals surface area contributed by atoms with Crippen molar-refractivity contribution in [2.24, 2.45) is 47.3 Å². The fraction of sp³-hybridized carbons (Fsp3) is 0.769. The van der Waals surface area contributed by atoms with Gasteiger partial charge in [-0.2, -0.15) is 0 Å². The van der Waals surface area contributed by atoms with E-state index in [1.165, 1.54) is 6.42 Å². The molecule has 5 aliphatic rings. The number of carbonyl (C=O) groups is 1. The topological polar surface area (TPSA) is 17.1 Å². The lowest BCUT2D eigenvalue weighted by molar-refractivity contribution is -0.155. The van der Waals surface area contributed by atoms with Crippen LogP contribution in [0.1, 0.15) is 12.8 Å². The first-order chi connectivity index (χ1) is 6.86. The van der Waals surface area contributed by atoms with E-state index in [0.717, 1.165) is 41.9 Å². The zero-order valence-electron chi connectivity index (χ0n) is 8.10. The van der Waals surface area contributed by atoms with Crippen molar-refractivity contribution in [1.29, 1.82) is 0 Å². The van der Waals surface area contributed by atoms with Crippen LogP contribution >= 0.6 is 0 Å². The van der Waals surface area contributed by atoms with Crippen molar-refractivity contribution in [3.8, 4) is 0 Å². The van der Waals surface area contributed by atoms with Crippen molar-refractivity contribution in [3.63, 3.8) is 0 Å². The molecule has 0 unspecified atom stereocenters. The standard InChI is InChI=1S/C13H14O/c14-10-4-8-6-2-1-5-7-3-9(11(5)10)13(8)12(6)7/h1-2,5-9,11-13H,3-4H2/t5-,6+,7-,8+,9+,11-,12+,13-/m1/s1. The Kier molecular flexibility index (Phi) is 0.850. The van der Waals surface area contributed by atoms with Crippen molar-refractivity contribution in [1.82, 2.24) is 0 Å². The van der Waals surface area contributed by atoms with Crippen LogP contribution in [-0.4, -0.2) is 5.78 Å². The molecule has 5 aliphatic carbocycles. The Hall–Kier alpha value is -0.590. The van der Waals surface area contributed by atoms with Crippen LogP contribution in [0.2, 0.25) is 0 Å². The minimum atomic E-state index is 0.468. The van der Waals surface area contributed by atoms with E-state index in [0.29, 0.717) is 17.6 Å². The molecule has 0 aromatic carbocycles. The predicted molar refractivity (Wildman–Crippen MR) is 51.3 cm³/mol. The summed E-state index contributed by atoms with van der Waals surface area (Å²) in [4.78, 5) is 12.0. The molecule has 4 fully saturated rings. The molecule has 0 heterocycles. The van der Waals surface area contributed by atoms with E-state index in [1.54, 1.807) is 0 Å². The molecule has 8 atom stereocenters. The first kappa shape index (κ1) is 6.81. The summed E-state index contributed by atoms with van der Waals surface area (Å²) in [7, 11) is 0. The number of fused-ring (bicyclic) bond motifs is 2. The number of rotatable bonds is 0. The minimum absolute atomic E-state index is 0.468. The summed E-state index contributed by atoms with van der Waals surface area (Å²) in [5, 5.41) is 0. The van der Waals surface area contributed by atoms with Crippen molar-refractivity contribution in [2.75, 3.05) is 0 Å². The van der Waals surface area contributed by atoms with Gasteiger partial charge in [-0.25, -0.2) is 0 Å². The highest BCUT2D eigenvalue weighted by Crippen LogP contribution is 2.75. The van der Waals surface area contributed by atoms with Crippen molar-refractivity contribution >= 4 is 5.78 Å². The van der Waals surface area contributed by atoms with Crippen LogP contribution in [0, 0.1) is 47.3 Å². The highest BCUT2D eigenvalue weighted by molar-refractivity contribution is 5.85. The monoisotopic (exact) mass is 186 g/mol. The fourth-order valence-corrected chi connectivity index (χ4v) is 5.98. The Morgan fingerprint density at radius 1 is 1.00 bits per heavy atom. The van der Waals surface area contributed by atoms with Gasteiger partial charge in [0.05, 0.1) is 0 Å². The molecule has 0 N–H and O–H groups in total. The number of Topliss-reactive ketones (excluding diaryl/α,β-unsaturated/α-hetero) is 1. The molecule has 4 saturated carbocycles. The molecule has 0 aliphatic heterocycles. The molecule has 14 heavy (non-hydrogen) atoms. The Bertz CT molecular complexity index is 383. The number of hydrogen-bond acceptors (Lipinski definition) is 1. The van der Waals surface area contributed by atoms with E-state index < -0.39 is 0 Å². The largest absolute Gasteiger partial charge is 0.299 e. The van der Waals surface area contributed by atoms with Gasteiger partial charge in [-0.3, -0.25) is 4.79 Å². The number of hydrogen-bond donors (Lipinski definition) is 0. The van der Waals surface area contributed by atoms with Crippen LogP contribution in [0.3, 0.4) is 0 Å². The lowest BCUT2D eigenvalue weighted by Gasteiger charge is -2.62. The quantitative estimate of drug-likeness (QED) is 0.528. The van der Waals surface area contributed by atoms with Crippen LogP contribution in [0.5, 0.6) is 0 Å². The molecule has 0 aromatic rings. The second-order valence-electron chi connectivity index (χ2n) is 6.12. The molecule has 72 valence electrons. The second kappa shape index (κ2) is 1.75. The summed E-state index contributed by atoms with van der Waals surface area (Å²) in [6, 6.07) is 0. The van der Waals surface area contributed by atoms with Crippen molar-refractivity contribution in [3.05, 3.63) is 12.2 Å². The maximum absolute atomic E-state index is 12.0. The van der Waals surface area contributed by atoms with Crippen LogP contribution in [0.25, 0.3) is 0 Å². The highest BCUT2D eigenvalue weighted by Gasteiger charge is 2.72. The average Bonchev–Trinajstić information content (AvgIpc) is 2.65. The first-order valence-corrected chi connectivity index (χ1v) is 6.07. The predicted octanol–water partition coefficient (Wildman–Crippen LogP) is 1.89. The molecular weight excluding hydrogens is 172 g/mol. The molecule has 2 bridgehead atoms. The fourth-order valence-electron chi connectivity index (χ4n) is 5.98. The van der Waals surface area contributed by atoms with Crippen LogP contribution in [0.15, 0.2) is 12.2 Å². The van der Waals surface area contributed by atoms with Crippen LogP contribution in [-0.2, 0) is 4.79 Å². The van der Waals surface area contributed by atoms with Crippen molar-refractivity contribution < 1.29 is 4.79 Å². The van der Waals surface area contributed by atoms with E-state index in [1.807, 2.05) is 0 Å². The normalized spacial score (nSPS) is 70.1. The van der Waals surface area contributed by atoms with E-state index in [4.69, 9.17) is 0 Å². The molecule has 5 rings (SSSR count). The zero-order chi connectivity index (χ0) is 9.02. The van der Waals surface area contributed by atoms with Gasteiger partial charge in [0, 0.05) is 12.3 Å². The van der Waals surface area contributed by atoms with Gasteiger partial charge < -0.3 is 0 Å². The van der Waals surface area contributed by atoms with Gasteiger partial charge in [0.25, 0.3) is 0 Å². The lowest BCUT2D eigenvalue weighted by atomic mass is 9.42. The van der Waals surface area contributed by atoms with E-state index in [9.17, 15) is 4.79 Å². The maximum atomic E-state index is 12.0. The Morgan fingerprint density at radius 2 is 1.86 bits per heavy atom. The Morgan fingerprint density at radius 3 is 2.79 bits per heavy atom. The van der Waals surface area contributed by atoms with E-state index in [-0.39, 0.29) is 0 Å². The number of ketones is 1. The summed E-state index contributed by atoms with van der Waals surface area (Å²) in [6.45, 7) is 0. The number of allylic oxidation sites excluding steroid dienone is 2. The van der Waals surface area contributed by atoms with Crippen LogP contribution in [0.4, 0.5) is 0 Å². The Labute approximate surface area is 83.6 Å². The molecule has 0 aromatic heterocycles. The SMILES string of the molecule is O=C1C[C@H]2[C@@H]3C=C[C@@H]4[C@H]5C[C@@H]([C@H]14)[C@@H]2[C@@H]35.